The second-order valence-corrected chi connectivity index (χ2v) is 7.41. The van der Waals surface area contributed by atoms with Gasteiger partial charge in [0, 0.05) is 11.9 Å². The van der Waals surface area contributed by atoms with Crippen molar-refractivity contribution < 1.29 is 4.79 Å². The Morgan fingerprint density at radius 3 is 2.71 bits per heavy atom. The number of pyridine rings is 1. The lowest BCUT2D eigenvalue weighted by Crippen LogP contribution is -2.14. The number of fused-ring (bicyclic) bond motifs is 1. The molecule has 1 amide bonds. The summed E-state index contributed by atoms with van der Waals surface area (Å²) in [5.74, 6) is -0.0719. The van der Waals surface area contributed by atoms with Gasteiger partial charge in [-0.15, -0.1) is 10.2 Å². The van der Waals surface area contributed by atoms with Gasteiger partial charge in [-0.1, -0.05) is 41.0 Å². The smallest absolute Gasteiger partial charge is 0.234 e. The van der Waals surface area contributed by atoms with Crippen molar-refractivity contribution in [2.75, 3.05) is 11.1 Å². The minimum atomic E-state index is -0.207. The number of anilines is 1. The molecule has 0 spiro atoms. The number of hydrogen-bond acceptors (Lipinski definition) is 6. The van der Waals surface area contributed by atoms with Crippen molar-refractivity contribution in [3.63, 3.8) is 0 Å². The van der Waals surface area contributed by atoms with Gasteiger partial charge in [0.1, 0.15) is 5.69 Å². The summed E-state index contributed by atoms with van der Waals surface area (Å²) in [7, 11) is 0. The molecule has 140 valence electrons. The third kappa shape index (κ3) is 4.09. The van der Waals surface area contributed by atoms with Crippen LogP contribution in [-0.4, -0.2) is 36.5 Å². The molecule has 1 aromatic carbocycles. The van der Waals surface area contributed by atoms with Gasteiger partial charge in [-0.2, -0.15) is 9.61 Å². The van der Waals surface area contributed by atoms with Crippen LogP contribution in [0.4, 0.5) is 5.69 Å². The second kappa shape index (κ2) is 8.14. The van der Waals surface area contributed by atoms with E-state index in [0.29, 0.717) is 32.2 Å². The number of thioether (sulfide) groups is 1. The summed E-state index contributed by atoms with van der Waals surface area (Å²) in [6, 6.07) is 14.2. The molecule has 28 heavy (non-hydrogen) atoms. The van der Waals surface area contributed by atoms with Crippen molar-refractivity contribution >= 4 is 52.2 Å². The first-order valence-corrected chi connectivity index (χ1v) is 9.86. The lowest BCUT2D eigenvalue weighted by Gasteiger charge is -2.06. The quantitative estimate of drug-likeness (QED) is 0.477. The van der Waals surface area contributed by atoms with Crippen molar-refractivity contribution in [1.29, 1.82) is 0 Å². The maximum absolute atomic E-state index is 12.2. The molecule has 0 saturated carbocycles. The molecule has 10 heteroatoms. The van der Waals surface area contributed by atoms with Gasteiger partial charge in [0.2, 0.25) is 11.1 Å². The van der Waals surface area contributed by atoms with Crippen LogP contribution >= 0.6 is 35.0 Å². The van der Waals surface area contributed by atoms with E-state index >= 15 is 0 Å². The van der Waals surface area contributed by atoms with Crippen LogP contribution in [0.1, 0.15) is 0 Å². The molecule has 0 bridgehead atoms. The monoisotopic (exact) mass is 430 g/mol. The van der Waals surface area contributed by atoms with Crippen LogP contribution in [0.15, 0.2) is 59.9 Å². The summed E-state index contributed by atoms with van der Waals surface area (Å²) in [6.07, 6.45) is 1.70. The number of carbonyl (C=O) groups excluding carboxylic acids is 1. The zero-order valence-electron chi connectivity index (χ0n) is 14.2. The van der Waals surface area contributed by atoms with Crippen LogP contribution in [0, 0.1) is 0 Å². The molecule has 0 aliphatic carbocycles. The molecule has 4 rings (SSSR count). The van der Waals surface area contributed by atoms with Crippen LogP contribution in [-0.2, 0) is 4.79 Å². The summed E-state index contributed by atoms with van der Waals surface area (Å²) in [6.45, 7) is 0. The highest BCUT2D eigenvalue weighted by atomic mass is 35.5. The van der Waals surface area contributed by atoms with E-state index in [2.05, 4.69) is 25.6 Å². The van der Waals surface area contributed by atoms with Gasteiger partial charge >= 0.3 is 0 Å². The maximum Gasteiger partial charge on any atom is 0.234 e. The first-order valence-electron chi connectivity index (χ1n) is 8.12. The minimum absolute atomic E-state index is 0.135. The molecular weight excluding hydrogens is 419 g/mol. The highest BCUT2D eigenvalue weighted by molar-refractivity contribution is 7.99. The van der Waals surface area contributed by atoms with E-state index in [4.69, 9.17) is 23.2 Å². The normalized spacial score (nSPS) is 10.9. The number of hydrogen-bond donors (Lipinski definition) is 1. The molecule has 0 unspecified atom stereocenters. The molecule has 0 radical (unpaired) electrons. The fourth-order valence-corrected chi connectivity index (χ4v) is 3.40. The molecule has 3 aromatic heterocycles. The Bertz CT molecular complexity index is 1150. The lowest BCUT2D eigenvalue weighted by atomic mass is 10.2. The largest absolute Gasteiger partial charge is 0.325 e. The zero-order chi connectivity index (χ0) is 19.5. The van der Waals surface area contributed by atoms with Gasteiger partial charge in [0.25, 0.3) is 0 Å². The fourth-order valence-electron chi connectivity index (χ4n) is 2.41. The number of rotatable bonds is 5. The van der Waals surface area contributed by atoms with Gasteiger partial charge in [0.15, 0.2) is 5.65 Å². The van der Waals surface area contributed by atoms with Crippen molar-refractivity contribution in [3.8, 4) is 11.4 Å². The van der Waals surface area contributed by atoms with Crippen LogP contribution in [0.2, 0.25) is 10.0 Å². The lowest BCUT2D eigenvalue weighted by molar-refractivity contribution is -0.113. The number of aromatic nitrogens is 5. The number of amides is 1. The van der Waals surface area contributed by atoms with Crippen molar-refractivity contribution in [1.82, 2.24) is 24.8 Å². The SMILES string of the molecule is O=C(CSc1nnc2ccc(-c3ccccn3)nn12)Nc1ccc(Cl)c(Cl)c1. The Labute approximate surface area is 174 Å². The minimum Gasteiger partial charge on any atom is -0.325 e. The summed E-state index contributed by atoms with van der Waals surface area (Å²) < 4.78 is 1.60. The average Bonchev–Trinajstić information content (AvgIpc) is 3.12. The summed E-state index contributed by atoms with van der Waals surface area (Å²) in [5, 5.41) is 16.8. The summed E-state index contributed by atoms with van der Waals surface area (Å²) in [5.41, 5.74) is 2.59. The highest BCUT2D eigenvalue weighted by Crippen LogP contribution is 2.25. The number of benzene rings is 1. The molecule has 0 fully saturated rings. The zero-order valence-corrected chi connectivity index (χ0v) is 16.5. The molecule has 3 heterocycles. The fraction of sp³-hybridized carbons (Fsp3) is 0.0556. The number of halogens is 2. The predicted octanol–water partition coefficient (Wildman–Crippen LogP) is 4.22. The van der Waals surface area contributed by atoms with E-state index < -0.39 is 0 Å². The van der Waals surface area contributed by atoms with Crippen LogP contribution in [0.25, 0.3) is 17.0 Å². The van der Waals surface area contributed by atoms with Crippen LogP contribution in [0.3, 0.4) is 0 Å². The molecule has 0 atom stereocenters. The first-order chi connectivity index (χ1) is 13.6. The number of carbonyl (C=O) groups is 1. The van der Waals surface area contributed by atoms with Crippen molar-refractivity contribution in [3.05, 3.63) is 64.8 Å². The number of nitrogens with zero attached hydrogens (tertiary/aromatic N) is 5. The Morgan fingerprint density at radius 2 is 1.93 bits per heavy atom. The second-order valence-electron chi connectivity index (χ2n) is 5.65. The molecule has 0 aliphatic rings. The topological polar surface area (TPSA) is 85.1 Å². The third-order valence-corrected chi connectivity index (χ3v) is 5.36. The summed E-state index contributed by atoms with van der Waals surface area (Å²) in [4.78, 5) is 16.5. The Morgan fingerprint density at radius 1 is 1.04 bits per heavy atom. The Balaban J connectivity index is 1.48. The van der Waals surface area contributed by atoms with Crippen LogP contribution < -0.4 is 5.32 Å². The predicted molar refractivity (Wildman–Crippen MR) is 110 cm³/mol. The van der Waals surface area contributed by atoms with E-state index in [0.717, 1.165) is 5.69 Å². The Kier molecular flexibility index (Phi) is 5.43. The molecule has 0 saturated heterocycles. The van der Waals surface area contributed by atoms with Gasteiger partial charge in [-0.3, -0.25) is 9.78 Å². The van der Waals surface area contributed by atoms with E-state index in [1.807, 2.05) is 30.3 Å². The molecular formula is C18H12Cl2N6OS. The van der Waals surface area contributed by atoms with Gasteiger partial charge in [-0.05, 0) is 42.5 Å². The van der Waals surface area contributed by atoms with E-state index in [9.17, 15) is 4.79 Å². The third-order valence-electron chi connectivity index (χ3n) is 3.70. The molecule has 0 aliphatic heterocycles. The average molecular weight is 431 g/mol. The molecule has 7 nitrogen and oxygen atoms in total. The van der Waals surface area contributed by atoms with Crippen molar-refractivity contribution in [2.45, 2.75) is 5.16 Å². The maximum atomic E-state index is 12.2. The highest BCUT2D eigenvalue weighted by Gasteiger charge is 2.12. The van der Waals surface area contributed by atoms with Gasteiger partial charge in [0.05, 0.1) is 21.5 Å². The first kappa shape index (κ1) is 18.7. The molecule has 4 aromatic rings. The van der Waals surface area contributed by atoms with E-state index in [-0.39, 0.29) is 11.7 Å². The number of nitrogens with one attached hydrogen (secondary N) is 1. The van der Waals surface area contributed by atoms with Gasteiger partial charge < -0.3 is 5.32 Å². The van der Waals surface area contributed by atoms with E-state index in [1.165, 1.54) is 11.8 Å². The van der Waals surface area contributed by atoms with Crippen LogP contribution in [0.5, 0.6) is 0 Å². The molecule has 1 N–H and O–H groups in total. The van der Waals surface area contributed by atoms with Crippen molar-refractivity contribution in [2.24, 2.45) is 0 Å². The van der Waals surface area contributed by atoms with E-state index in [1.54, 1.807) is 28.9 Å². The summed E-state index contributed by atoms with van der Waals surface area (Å²) >= 11 is 13.1. The standard InChI is InChI=1S/C18H12Cl2N6OS/c19-12-5-4-11(9-13(12)20)22-17(27)10-28-18-24-23-16-7-6-15(25-26(16)18)14-3-1-2-8-21-14/h1-9H,10H2,(H,22,27). The van der Waals surface area contributed by atoms with Gasteiger partial charge in [-0.25, -0.2) is 0 Å². The Hall–Kier alpha value is -2.68.